The van der Waals surface area contributed by atoms with Gasteiger partial charge in [-0.05, 0) is 24.6 Å². The maximum absolute atomic E-state index is 12.9. The summed E-state index contributed by atoms with van der Waals surface area (Å²) >= 11 is 7.85. The minimum Gasteiger partial charge on any atom is -0.206 e. The molecule has 0 aliphatic rings. The lowest BCUT2D eigenvalue weighted by Crippen LogP contribution is -1.88. The molecular formula is C8H6BrFS. The molecule has 0 saturated heterocycles. The molecule has 0 atom stereocenters. The molecule has 0 saturated carbocycles. The normalized spacial score (nSPS) is 9.73. The zero-order chi connectivity index (χ0) is 8.43. The van der Waals surface area contributed by atoms with Crippen LogP contribution in [0.3, 0.4) is 0 Å². The fraction of sp³-hybridized carbons (Fsp3) is 0.125. The van der Waals surface area contributed by atoms with Gasteiger partial charge < -0.3 is 0 Å². The summed E-state index contributed by atoms with van der Waals surface area (Å²) in [6.45, 7) is 1.89. The molecule has 0 bridgehead atoms. The van der Waals surface area contributed by atoms with E-state index in [9.17, 15) is 4.39 Å². The average Bonchev–Trinajstić information content (AvgIpc) is 1.97. The molecule has 58 valence electrons. The largest absolute Gasteiger partial charge is 0.206 e. The Labute approximate surface area is 78.6 Å². The van der Waals surface area contributed by atoms with Gasteiger partial charge in [-0.3, -0.25) is 0 Å². The standard InChI is InChI=1S/C8H6BrFS/c1-5-2-6(4-11)8(10)3-7(5)9/h2-4H,1H3. The van der Waals surface area contributed by atoms with E-state index in [1.165, 1.54) is 11.4 Å². The number of rotatable bonds is 1. The summed E-state index contributed by atoms with van der Waals surface area (Å²) in [6, 6.07) is 3.14. The minimum absolute atomic E-state index is 0.280. The molecule has 0 aliphatic heterocycles. The highest BCUT2D eigenvalue weighted by atomic mass is 79.9. The summed E-state index contributed by atoms with van der Waals surface area (Å²) in [6.07, 6.45) is 0. The van der Waals surface area contributed by atoms with Crippen molar-refractivity contribution in [3.8, 4) is 0 Å². The molecule has 0 aromatic heterocycles. The topological polar surface area (TPSA) is 0 Å². The average molecular weight is 233 g/mol. The highest BCUT2D eigenvalue weighted by molar-refractivity contribution is 9.10. The maximum atomic E-state index is 12.9. The lowest BCUT2D eigenvalue weighted by atomic mass is 10.1. The van der Waals surface area contributed by atoms with Gasteiger partial charge in [0.15, 0.2) is 0 Å². The van der Waals surface area contributed by atoms with Crippen LogP contribution >= 0.6 is 28.1 Å². The predicted octanol–water partition coefficient (Wildman–Crippen LogP) is 3.24. The zero-order valence-electron chi connectivity index (χ0n) is 5.90. The summed E-state index contributed by atoms with van der Waals surface area (Å²) in [5.74, 6) is -0.280. The van der Waals surface area contributed by atoms with Crippen molar-refractivity contribution in [1.29, 1.82) is 0 Å². The Kier molecular flexibility index (Phi) is 2.73. The van der Waals surface area contributed by atoms with E-state index < -0.39 is 0 Å². The minimum atomic E-state index is -0.280. The van der Waals surface area contributed by atoms with Crippen LogP contribution in [0.5, 0.6) is 0 Å². The Balaban J connectivity index is 3.31. The molecule has 3 heteroatoms. The van der Waals surface area contributed by atoms with E-state index in [2.05, 4.69) is 28.1 Å². The van der Waals surface area contributed by atoms with Crippen LogP contribution in [-0.2, 0) is 0 Å². The number of hydrogen-bond acceptors (Lipinski definition) is 1. The first-order valence-electron chi connectivity index (χ1n) is 3.06. The third-order valence-corrected chi connectivity index (χ3v) is 2.51. The van der Waals surface area contributed by atoms with Crippen molar-refractivity contribution < 1.29 is 4.39 Å². The summed E-state index contributed by atoms with van der Waals surface area (Å²) in [7, 11) is 0. The van der Waals surface area contributed by atoms with Crippen LogP contribution in [-0.4, -0.2) is 5.37 Å². The molecular weight excluding hydrogens is 227 g/mol. The summed E-state index contributed by atoms with van der Waals surface area (Å²) in [5.41, 5.74) is 1.46. The summed E-state index contributed by atoms with van der Waals surface area (Å²) in [4.78, 5) is 0. The van der Waals surface area contributed by atoms with E-state index in [-0.39, 0.29) is 5.82 Å². The number of halogens is 2. The van der Waals surface area contributed by atoms with Gasteiger partial charge in [-0.2, -0.15) is 0 Å². The third kappa shape index (κ3) is 1.84. The van der Waals surface area contributed by atoms with Gasteiger partial charge in [-0.1, -0.05) is 28.1 Å². The lowest BCUT2D eigenvalue weighted by molar-refractivity contribution is 0.625. The molecule has 0 heterocycles. The SMILES string of the molecule is Cc1cc(C=S)c(F)cc1Br. The van der Waals surface area contributed by atoms with Crippen molar-refractivity contribution in [2.45, 2.75) is 6.92 Å². The molecule has 0 spiro atoms. The van der Waals surface area contributed by atoms with Gasteiger partial charge in [0.2, 0.25) is 0 Å². The number of benzene rings is 1. The maximum Gasteiger partial charge on any atom is 0.132 e. The van der Waals surface area contributed by atoms with E-state index >= 15 is 0 Å². The van der Waals surface area contributed by atoms with E-state index in [0.29, 0.717) is 5.56 Å². The summed E-state index contributed by atoms with van der Waals surface area (Å²) in [5, 5.41) is 1.34. The Hall–Kier alpha value is -0.280. The third-order valence-electron chi connectivity index (χ3n) is 1.40. The van der Waals surface area contributed by atoms with Gasteiger partial charge in [0, 0.05) is 15.4 Å². The monoisotopic (exact) mass is 232 g/mol. The quantitative estimate of drug-likeness (QED) is 0.671. The molecule has 0 amide bonds. The van der Waals surface area contributed by atoms with Gasteiger partial charge >= 0.3 is 0 Å². The van der Waals surface area contributed by atoms with Gasteiger partial charge in [-0.25, -0.2) is 4.39 Å². The van der Waals surface area contributed by atoms with Crippen molar-refractivity contribution in [2.75, 3.05) is 0 Å². The Bertz CT molecular complexity index is 296. The van der Waals surface area contributed by atoms with Crippen LogP contribution < -0.4 is 0 Å². The first-order chi connectivity index (χ1) is 5.15. The Morgan fingerprint density at radius 3 is 2.73 bits per heavy atom. The Morgan fingerprint density at radius 1 is 1.55 bits per heavy atom. The van der Waals surface area contributed by atoms with Crippen molar-refractivity contribution in [1.82, 2.24) is 0 Å². The van der Waals surface area contributed by atoms with Gasteiger partial charge in [-0.15, -0.1) is 0 Å². The zero-order valence-corrected chi connectivity index (χ0v) is 8.30. The second-order valence-corrected chi connectivity index (χ2v) is 3.33. The fourth-order valence-electron chi connectivity index (χ4n) is 0.770. The molecule has 0 N–H and O–H groups in total. The molecule has 0 fully saturated rings. The fourth-order valence-corrected chi connectivity index (χ4v) is 1.27. The molecule has 11 heavy (non-hydrogen) atoms. The van der Waals surface area contributed by atoms with Gasteiger partial charge in [0.1, 0.15) is 5.82 Å². The smallest absolute Gasteiger partial charge is 0.132 e. The number of hydrogen-bond donors (Lipinski definition) is 0. The van der Waals surface area contributed by atoms with E-state index in [4.69, 9.17) is 0 Å². The van der Waals surface area contributed by atoms with Crippen molar-refractivity contribution >= 4 is 33.5 Å². The first kappa shape index (κ1) is 8.81. The molecule has 0 nitrogen and oxygen atoms in total. The molecule has 1 aromatic rings. The lowest BCUT2D eigenvalue weighted by Gasteiger charge is -2.00. The highest BCUT2D eigenvalue weighted by Crippen LogP contribution is 2.19. The second kappa shape index (κ2) is 3.41. The van der Waals surface area contributed by atoms with Crippen LogP contribution in [0.4, 0.5) is 4.39 Å². The highest BCUT2D eigenvalue weighted by Gasteiger charge is 2.02. The predicted molar refractivity (Wildman–Crippen MR) is 51.6 cm³/mol. The van der Waals surface area contributed by atoms with Gasteiger partial charge in [0.05, 0.1) is 0 Å². The molecule has 0 radical (unpaired) electrons. The molecule has 1 rings (SSSR count). The van der Waals surface area contributed by atoms with E-state index in [0.717, 1.165) is 10.0 Å². The van der Waals surface area contributed by atoms with Crippen molar-refractivity contribution in [2.24, 2.45) is 0 Å². The number of aryl methyl sites for hydroxylation is 1. The van der Waals surface area contributed by atoms with Crippen LogP contribution in [0.1, 0.15) is 11.1 Å². The molecule has 0 unspecified atom stereocenters. The van der Waals surface area contributed by atoms with Crippen molar-refractivity contribution in [3.05, 3.63) is 33.5 Å². The van der Waals surface area contributed by atoms with E-state index in [1.54, 1.807) is 6.07 Å². The molecule has 0 aliphatic carbocycles. The van der Waals surface area contributed by atoms with E-state index in [1.807, 2.05) is 6.92 Å². The van der Waals surface area contributed by atoms with Crippen LogP contribution in [0.15, 0.2) is 16.6 Å². The first-order valence-corrected chi connectivity index (χ1v) is 4.32. The molecule has 1 aromatic carbocycles. The van der Waals surface area contributed by atoms with Crippen LogP contribution in [0.2, 0.25) is 0 Å². The second-order valence-electron chi connectivity index (χ2n) is 2.24. The van der Waals surface area contributed by atoms with Crippen LogP contribution in [0, 0.1) is 12.7 Å². The van der Waals surface area contributed by atoms with Crippen molar-refractivity contribution in [3.63, 3.8) is 0 Å². The van der Waals surface area contributed by atoms with Gasteiger partial charge in [0.25, 0.3) is 0 Å². The van der Waals surface area contributed by atoms with Crippen LogP contribution in [0.25, 0.3) is 0 Å². The summed E-state index contributed by atoms with van der Waals surface area (Å²) < 4.78 is 13.7. The number of thiocarbonyl (C=S) groups is 1. The Morgan fingerprint density at radius 2 is 2.18 bits per heavy atom.